The zero-order valence-electron chi connectivity index (χ0n) is 13.0. The average Bonchev–Trinajstić information content (AvgIpc) is 3.26. The molecule has 118 valence electrons. The third-order valence-corrected chi connectivity index (χ3v) is 5.77. The van der Waals surface area contributed by atoms with E-state index in [1.54, 1.807) is 11.8 Å². The number of nitrogens with zero attached hydrogens (tertiary/aromatic N) is 1. The number of aromatic amines is 1. The van der Waals surface area contributed by atoms with E-state index < -0.39 is 0 Å². The van der Waals surface area contributed by atoms with Crippen LogP contribution in [0, 0.1) is 0 Å². The van der Waals surface area contributed by atoms with E-state index in [1.807, 2.05) is 12.1 Å². The van der Waals surface area contributed by atoms with Crippen LogP contribution in [-0.2, 0) is 0 Å². The molecule has 1 aliphatic carbocycles. The van der Waals surface area contributed by atoms with E-state index in [4.69, 9.17) is 7.85 Å². The third kappa shape index (κ3) is 3.02. The number of benzene rings is 1. The number of aliphatic hydroxyl groups excluding tert-OH is 1. The molecule has 1 saturated carbocycles. The molecule has 2 heterocycles. The molecule has 1 atom stereocenters. The lowest BCUT2D eigenvalue weighted by Gasteiger charge is -2.15. The lowest BCUT2D eigenvalue weighted by Crippen LogP contribution is -2.16. The maximum absolute atomic E-state index is 9.25. The number of H-pyrrole nitrogens is 1. The van der Waals surface area contributed by atoms with E-state index in [-0.39, 0.29) is 12.6 Å². The molecule has 2 radical (unpaired) electrons. The molecule has 0 amide bonds. The van der Waals surface area contributed by atoms with Gasteiger partial charge in [-0.3, -0.25) is 4.99 Å². The Hall–Kier alpha value is -1.40. The van der Waals surface area contributed by atoms with Gasteiger partial charge in [0.1, 0.15) is 12.9 Å². The number of rotatable bonds is 4. The normalized spacial score (nSPS) is 22.0. The second kappa shape index (κ2) is 6.25. The maximum Gasteiger partial charge on any atom is 0.115 e. The Bertz CT molecular complexity index is 752. The molecule has 1 aromatic heterocycles. The summed E-state index contributed by atoms with van der Waals surface area (Å²) in [6.07, 6.45) is 5.05. The lowest BCUT2D eigenvalue weighted by atomic mass is 9.94. The van der Waals surface area contributed by atoms with Gasteiger partial charge in [-0.2, -0.15) is 0 Å². The van der Waals surface area contributed by atoms with Gasteiger partial charge in [0, 0.05) is 17.2 Å². The van der Waals surface area contributed by atoms with Gasteiger partial charge in [-0.1, -0.05) is 24.4 Å². The van der Waals surface area contributed by atoms with Gasteiger partial charge in [-0.15, -0.1) is 11.8 Å². The Morgan fingerprint density at radius 2 is 2.13 bits per heavy atom. The van der Waals surface area contributed by atoms with Crippen LogP contribution in [-0.4, -0.2) is 47.4 Å². The number of aromatic nitrogens is 1. The van der Waals surface area contributed by atoms with Gasteiger partial charge >= 0.3 is 0 Å². The zero-order chi connectivity index (χ0) is 15.8. The minimum Gasteiger partial charge on any atom is -0.394 e. The first-order chi connectivity index (χ1) is 11.2. The molecule has 1 aromatic carbocycles. The van der Waals surface area contributed by atoms with Crippen LogP contribution in [0.3, 0.4) is 0 Å². The molecule has 4 nitrogen and oxygen atoms in total. The van der Waals surface area contributed by atoms with E-state index in [1.165, 1.54) is 25.7 Å². The summed E-state index contributed by atoms with van der Waals surface area (Å²) < 4.78 is 0. The van der Waals surface area contributed by atoms with Gasteiger partial charge in [0.05, 0.1) is 29.5 Å². The minimum absolute atomic E-state index is 0.0163. The highest BCUT2D eigenvalue weighted by molar-refractivity contribution is 8.14. The van der Waals surface area contributed by atoms with E-state index in [0.29, 0.717) is 6.04 Å². The first-order valence-electron chi connectivity index (χ1n) is 8.23. The largest absolute Gasteiger partial charge is 0.394 e. The monoisotopic (exact) mass is 325 g/mol. The van der Waals surface area contributed by atoms with Crippen molar-refractivity contribution in [1.29, 1.82) is 0 Å². The first-order valence-corrected chi connectivity index (χ1v) is 9.22. The highest BCUT2D eigenvalue weighted by Gasteiger charge is 2.21. The predicted octanol–water partition coefficient (Wildman–Crippen LogP) is 2.17. The SMILES string of the molecule is [B]c1cc(NC2CCCC2)c2[nH]c(C3=N[C@H](CO)CS3)cc2c1. The maximum atomic E-state index is 9.25. The fraction of sp³-hybridized carbons (Fsp3) is 0.471. The number of thioether (sulfide) groups is 1. The standard InChI is InChI=1S/C17H20BN3OS/c18-11-5-10-6-15(17-20-13(8-22)9-23-17)21-16(10)14(7-11)19-12-3-1-2-4-12/h5-7,12-13,19,21-22H,1-4,8-9H2/t13-/m1/s1. The summed E-state index contributed by atoms with van der Waals surface area (Å²) in [6, 6.07) is 6.68. The van der Waals surface area contributed by atoms with Crippen molar-refractivity contribution in [3.05, 3.63) is 23.9 Å². The predicted molar refractivity (Wildman–Crippen MR) is 99.4 cm³/mol. The molecule has 6 heteroatoms. The number of hydrogen-bond acceptors (Lipinski definition) is 4. The number of anilines is 1. The highest BCUT2D eigenvalue weighted by Crippen LogP contribution is 2.30. The molecule has 2 aliphatic rings. The van der Waals surface area contributed by atoms with Crippen molar-refractivity contribution in [3.8, 4) is 0 Å². The van der Waals surface area contributed by atoms with Gasteiger partial charge in [0.15, 0.2) is 0 Å². The van der Waals surface area contributed by atoms with Gasteiger partial charge in [-0.05, 0) is 25.0 Å². The zero-order valence-corrected chi connectivity index (χ0v) is 13.8. The summed E-state index contributed by atoms with van der Waals surface area (Å²) in [7, 11) is 6.08. The topological polar surface area (TPSA) is 60.4 Å². The van der Waals surface area contributed by atoms with Crippen LogP contribution in [0.2, 0.25) is 0 Å². The van der Waals surface area contributed by atoms with Gasteiger partial charge in [-0.25, -0.2) is 0 Å². The van der Waals surface area contributed by atoms with Gasteiger partial charge < -0.3 is 15.4 Å². The Labute approximate surface area is 141 Å². The summed E-state index contributed by atoms with van der Waals surface area (Å²) >= 11 is 1.69. The molecule has 23 heavy (non-hydrogen) atoms. The molecule has 1 fully saturated rings. The molecule has 3 N–H and O–H groups in total. The fourth-order valence-electron chi connectivity index (χ4n) is 3.44. The van der Waals surface area contributed by atoms with Crippen LogP contribution in [0.4, 0.5) is 5.69 Å². The first kappa shape index (κ1) is 15.2. The smallest absolute Gasteiger partial charge is 0.115 e. The van der Waals surface area contributed by atoms with E-state index in [0.717, 1.165) is 38.5 Å². The molecule has 0 saturated heterocycles. The Kier molecular flexibility index (Phi) is 4.12. The summed E-state index contributed by atoms with van der Waals surface area (Å²) in [5.74, 6) is 0.844. The van der Waals surface area contributed by atoms with Crippen LogP contribution in [0.1, 0.15) is 31.4 Å². The van der Waals surface area contributed by atoms with E-state index in [9.17, 15) is 5.11 Å². The second-order valence-corrected chi connectivity index (χ2v) is 7.43. The Balaban J connectivity index is 1.70. The van der Waals surface area contributed by atoms with Crippen LogP contribution in [0.25, 0.3) is 10.9 Å². The van der Waals surface area contributed by atoms with Crippen LogP contribution < -0.4 is 10.8 Å². The van der Waals surface area contributed by atoms with Crippen LogP contribution in [0.5, 0.6) is 0 Å². The van der Waals surface area contributed by atoms with E-state index in [2.05, 4.69) is 21.4 Å². The minimum atomic E-state index is 0.0163. The van der Waals surface area contributed by atoms with Crippen molar-refractivity contribution < 1.29 is 5.11 Å². The fourth-order valence-corrected chi connectivity index (χ4v) is 4.46. The van der Waals surface area contributed by atoms with E-state index >= 15 is 0 Å². The number of nitrogens with one attached hydrogen (secondary N) is 2. The molecule has 0 spiro atoms. The average molecular weight is 325 g/mol. The molecule has 0 unspecified atom stereocenters. The number of hydrogen-bond donors (Lipinski definition) is 3. The second-order valence-electron chi connectivity index (χ2n) is 6.42. The Morgan fingerprint density at radius 1 is 1.30 bits per heavy atom. The van der Waals surface area contributed by atoms with Crippen molar-refractivity contribution in [2.45, 2.75) is 37.8 Å². The molecule has 0 bridgehead atoms. The summed E-state index contributed by atoms with van der Waals surface area (Å²) in [5, 5.41) is 15.0. The Morgan fingerprint density at radius 3 is 2.87 bits per heavy atom. The number of aliphatic hydroxyl groups is 1. The van der Waals surface area contributed by atoms with Gasteiger partial charge in [0.25, 0.3) is 0 Å². The van der Waals surface area contributed by atoms with Crippen molar-refractivity contribution >= 4 is 46.7 Å². The molecule has 2 aromatic rings. The molecular formula is C17H20BN3OS. The third-order valence-electron chi connectivity index (χ3n) is 4.62. The van der Waals surface area contributed by atoms with Crippen molar-refractivity contribution in [2.75, 3.05) is 17.7 Å². The number of fused-ring (bicyclic) bond motifs is 1. The number of aliphatic imine (C=N–C) groups is 1. The van der Waals surface area contributed by atoms with Crippen molar-refractivity contribution in [1.82, 2.24) is 4.98 Å². The highest BCUT2D eigenvalue weighted by atomic mass is 32.2. The quantitative estimate of drug-likeness (QED) is 0.755. The lowest BCUT2D eigenvalue weighted by molar-refractivity contribution is 0.277. The van der Waals surface area contributed by atoms with Crippen LogP contribution in [0.15, 0.2) is 23.2 Å². The molecular weight excluding hydrogens is 305 g/mol. The molecule has 1 aliphatic heterocycles. The molecule has 4 rings (SSSR count). The summed E-state index contributed by atoms with van der Waals surface area (Å²) in [6.45, 7) is 0.109. The van der Waals surface area contributed by atoms with Crippen molar-refractivity contribution in [2.24, 2.45) is 4.99 Å². The van der Waals surface area contributed by atoms with Gasteiger partial charge in [0.2, 0.25) is 0 Å². The van der Waals surface area contributed by atoms with Crippen molar-refractivity contribution in [3.63, 3.8) is 0 Å². The summed E-state index contributed by atoms with van der Waals surface area (Å²) in [5.41, 5.74) is 3.97. The summed E-state index contributed by atoms with van der Waals surface area (Å²) in [4.78, 5) is 8.07. The van der Waals surface area contributed by atoms with Crippen LogP contribution >= 0.6 is 11.8 Å².